The molecule has 1 aromatic rings. The molecule has 1 N–H and O–H groups in total. The monoisotopic (exact) mass is 254 g/mol. The van der Waals surface area contributed by atoms with Gasteiger partial charge in [-0.1, -0.05) is 11.6 Å². The molecule has 3 nitrogen and oxygen atoms in total. The van der Waals surface area contributed by atoms with Crippen LogP contribution in [0.5, 0.6) is 0 Å². The van der Waals surface area contributed by atoms with Gasteiger partial charge in [-0.25, -0.2) is 0 Å². The number of rotatable bonds is 5. The molecule has 2 rings (SSSR count). The number of nitrogens with one attached hydrogen (secondary N) is 1. The maximum Gasteiger partial charge on any atom is 0.0637 e. The van der Waals surface area contributed by atoms with Crippen LogP contribution in [0.15, 0.2) is 18.5 Å². The molecule has 0 spiro atoms. The molecule has 0 amide bonds. The Morgan fingerprint density at radius 2 is 2.53 bits per heavy atom. The predicted octanol–water partition coefficient (Wildman–Crippen LogP) is 2.95. The second-order valence-corrected chi connectivity index (χ2v) is 4.86. The van der Waals surface area contributed by atoms with E-state index in [0.717, 1.165) is 30.0 Å². The Morgan fingerprint density at radius 3 is 3.18 bits per heavy atom. The van der Waals surface area contributed by atoms with Gasteiger partial charge in [0.15, 0.2) is 0 Å². The summed E-state index contributed by atoms with van der Waals surface area (Å²) in [6.07, 6.45) is 8.46. The Bertz CT molecular complexity index is 353. The fourth-order valence-corrected chi connectivity index (χ4v) is 2.60. The topological polar surface area (TPSA) is 34.1 Å². The van der Waals surface area contributed by atoms with Gasteiger partial charge in [-0.3, -0.25) is 4.98 Å². The molecule has 1 saturated heterocycles. The predicted molar refractivity (Wildman–Crippen MR) is 69.3 cm³/mol. The summed E-state index contributed by atoms with van der Waals surface area (Å²) < 4.78 is 5.64. The zero-order valence-electron chi connectivity index (χ0n) is 10.2. The summed E-state index contributed by atoms with van der Waals surface area (Å²) in [4.78, 5) is 4.01. The van der Waals surface area contributed by atoms with Gasteiger partial charge in [0.1, 0.15) is 0 Å². The van der Waals surface area contributed by atoms with Gasteiger partial charge in [0.2, 0.25) is 0 Å². The van der Waals surface area contributed by atoms with Crippen molar-refractivity contribution in [1.29, 1.82) is 0 Å². The van der Waals surface area contributed by atoms with Crippen LogP contribution < -0.4 is 5.32 Å². The van der Waals surface area contributed by atoms with E-state index in [1.54, 1.807) is 12.4 Å². The summed E-state index contributed by atoms with van der Waals surface area (Å²) in [7, 11) is 1.97. The highest BCUT2D eigenvalue weighted by molar-refractivity contribution is 6.31. The zero-order valence-corrected chi connectivity index (χ0v) is 10.9. The lowest BCUT2D eigenvalue weighted by Crippen LogP contribution is -2.19. The van der Waals surface area contributed by atoms with Gasteiger partial charge < -0.3 is 10.1 Å². The Labute approximate surface area is 108 Å². The molecule has 94 valence electrons. The molecular formula is C13H19ClN2O. The zero-order chi connectivity index (χ0) is 12.1. The summed E-state index contributed by atoms with van der Waals surface area (Å²) in [5, 5.41) is 4.05. The van der Waals surface area contributed by atoms with Gasteiger partial charge >= 0.3 is 0 Å². The van der Waals surface area contributed by atoms with Crippen LogP contribution in [0.1, 0.15) is 37.3 Å². The van der Waals surface area contributed by atoms with E-state index in [0.29, 0.717) is 6.10 Å². The van der Waals surface area contributed by atoms with Crippen molar-refractivity contribution in [3.8, 4) is 0 Å². The minimum atomic E-state index is 0.287. The minimum Gasteiger partial charge on any atom is -0.378 e. The van der Waals surface area contributed by atoms with Gasteiger partial charge in [-0.05, 0) is 44.4 Å². The number of pyridine rings is 1. The third-order valence-electron chi connectivity index (χ3n) is 3.33. The molecule has 0 aliphatic carbocycles. The van der Waals surface area contributed by atoms with Crippen molar-refractivity contribution in [3.05, 3.63) is 29.0 Å². The van der Waals surface area contributed by atoms with E-state index in [9.17, 15) is 0 Å². The first-order valence-electron chi connectivity index (χ1n) is 6.19. The Hall–Kier alpha value is -0.640. The minimum absolute atomic E-state index is 0.287. The number of halogens is 1. The third kappa shape index (κ3) is 3.41. The van der Waals surface area contributed by atoms with Crippen LogP contribution in [0.3, 0.4) is 0 Å². The summed E-state index contributed by atoms with van der Waals surface area (Å²) in [6.45, 7) is 0.922. The van der Waals surface area contributed by atoms with Crippen LogP contribution in [-0.2, 0) is 4.74 Å². The largest absolute Gasteiger partial charge is 0.378 e. The average molecular weight is 255 g/mol. The molecule has 0 saturated carbocycles. The van der Waals surface area contributed by atoms with E-state index in [2.05, 4.69) is 10.3 Å². The van der Waals surface area contributed by atoms with E-state index in [1.807, 2.05) is 13.1 Å². The molecule has 1 aliphatic rings. The molecule has 17 heavy (non-hydrogen) atoms. The molecule has 1 fully saturated rings. The van der Waals surface area contributed by atoms with Gasteiger partial charge in [-0.15, -0.1) is 0 Å². The number of ether oxygens (including phenoxy) is 1. The fourth-order valence-electron chi connectivity index (χ4n) is 2.35. The summed E-state index contributed by atoms with van der Waals surface area (Å²) in [5.74, 6) is 0. The number of nitrogens with zero attached hydrogens (tertiary/aromatic N) is 1. The lowest BCUT2D eigenvalue weighted by atomic mass is 10.0. The molecule has 2 atom stereocenters. The van der Waals surface area contributed by atoms with Gasteiger partial charge in [0.25, 0.3) is 0 Å². The maximum atomic E-state index is 6.16. The Kier molecular flexibility index (Phi) is 4.77. The molecular weight excluding hydrogens is 236 g/mol. The van der Waals surface area contributed by atoms with Crippen LogP contribution in [-0.4, -0.2) is 24.7 Å². The first kappa shape index (κ1) is 12.8. The summed E-state index contributed by atoms with van der Waals surface area (Å²) in [6, 6.07) is 2.27. The van der Waals surface area contributed by atoms with E-state index in [4.69, 9.17) is 16.3 Å². The smallest absolute Gasteiger partial charge is 0.0637 e. The van der Waals surface area contributed by atoms with Crippen LogP contribution in [0, 0.1) is 0 Å². The molecule has 0 radical (unpaired) electrons. The second-order valence-electron chi connectivity index (χ2n) is 4.45. The second kappa shape index (κ2) is 6.34. The molecule has 2 heterocycles. The van der Waals surface area contributed by atoms with Crippen molar-refractivity contribution in [2.75, 3.05) is 13.7 Å². The van der Waals surface area contributed by atoms with Crippen molar-refractivity contribution in [2.45, 2.75) is 37.8 Å². The first-order chi connectivity index (χ1) is 8.31. The summed E-state index contributed by atoms with van der Waals surface area (Å²) >= 11 is 6.16. The third-order valence-corrected chi connectivity index (χ3v) is 3.64. The normalized spacial score (nSPS) is 21.6. The van der Waals surface area contributed by atoms with Crippen molar-refractivity contribution in [1.82, 2.24) is 10.3 Å². The van der Waals surface area contributed by atoms with Gasteiger partial charge in [-0.2, -0.15) is 0 Å². The van der Waals surface area contributed by atoms with Crippen LogP contribution >= 0.6 is 11.6 Å². The van der Waals surface area contributed by atoms with Gasteiger partial charge in [0.05, 0.1) is 11.1 Å². The quantitative estimate of drug-likeness (QED) is 0.877. The van der Waals surface area contributed by atoms with Crippen molar-refractivity contribution in [3.63, 3.8) is 0 Å². The molecule has 0 aromatic carbocycles. The molecule has 2 unspecified atom stereocenters. The Balaban J connectivity index is 1.94. The van der Waals surface area contributed by atoms with E-state index in [1.165, 1.54) is 12.8 Å². The van der Waals surface area contributed by atoms with Crippen LogP contribution in [0.2, 0.25) is 5.02 Å². The lowest BCUT2D eigenvalue weighted by molar-refractivity contribution is 0.0998. The highest BCUT2D eigenvalue weighted by Gasteiger charge is 2.19. The van der Waals surface area contributed by atoms with Crippen LogP contribution in [0.4, 0.5) is 0 Å². The molecule has 1 aromatic heterocycles. The fraction of sp³-hybridized carbons (Fsp3) is 0.615. The van der Waals surface area contributed by atoms with Crippen molar-refractivity contribution in [2.24, 2.45) is 0 Å². The first-order valence-corrected chi connectivity index (χ1v) is 6.57. The van der Waals surface area contributed by atoms with Crippen molar-refractivity contribution < 1.29 is 4.74 Å². The van der Waals surface area contributed by atoms with E-state index in [-0.39, 0.29) is 6.04 Å². The lowest BCUT2D eigenvalue weighted by Gasteiger charge is -2.19. The van der Waals surface area contributed by atoms with Crippen molar-refractivity contribution >= 4 is 11.6 Å². The molecule has 4 heteroatoms. The molecule has 0 bridgehead atoms. The Morgan fingerprint density at radius 1 is 1.65 bits per heavy atom. The SMILES string of the molecule is CNC(CCC1CCCO1)c1ccncc1Cl. The average Bonchev–Trinajstić information content (AvgIpc) is 2.85. The molecule has 1 aliphatic heterocycles. The highest BCUT2D eigenvalue weighted by Crippen LogP contribution is 2.27. The number of hydrogen-bond donors (Lipinski definition) is 1. The highest BCUT2D eigenvalue weighted by atomic mass is 35.5. The van der Waals surface area contributed by atoms with Gasteiger partial charge in [0, 0.05) is 25.0 Å². The summed E-state index contributed by atoms with van der Waals surface area (Å²) in [5.41, 5.74) is 1.13. The number of hydrogen-bond acceptors (Lipinski definition) is 3. The standard InChI is InChI=1S/C13H19ClN2O/c1-15-13(5-4-10-3-2-8-17-10)11-6-7-16-9-12(11)14/h6-7,9-10,13,15H,2-5,8H2,1H3. The van der Waals surface area contributed by atoms with Crippen LogP contribution in [0.25, 0.3) is 0 Å². The number of aromatic nitrogens is 1. The maximum absolute atomic E-state index is 6.16. The van der Waals surface area contributed by atoms with E-state index >= 15 is 0 Å². The van der Waals surface area contributed by atoms with E-state index < -0.39 is 0 Å².